The maximum atomic E-state index is 11.7. The van der Waals surface area contributed by atoms with Crippen molar-refractivity contribution in [2.75, 3.05) is 32.8 Å². The Kier molecular flexibility index (Phi) is 3.92. The molecule has 1 saturated heterocycles. The van der Waals surface area contributed by atoms with E-state index in [9.17, 15) is 4.79 Å². The maximum Gasteiger partial charge on any atom is 0.409 e. The Morgan fingerprint density at radius 2 is 2.00 bits per heavy atom. The highest BCUT2D eigenvalue weighted by molar-refractivity contribution is 5.67. The quantitative estimate of drug-likeness (QED) is 0.830. The van der Waals surface area contributed by atoms with Crippen molar-refractivity contribution in [1.82, 2.24) is 9.80 Å². The normalized spacial score (nSPS) is 22.6. The van der Waals surface area contributed by atoms with Crippen molar-refractivity contribution in [2.24, 2.45) is 0 Å². The van der Waals surface area contributed by atoms with Crippen LogP contribution < -0.4 is 0 Å². The third kappa shape index (κ3) is 2.52. The summed E-state index contributed by atoms with van der Waals surface area (Å²) in [4.78, 5) is 16.0. The second-order valence-corrected chi connectivity index (χ2v) is 5.48. The molecule has 1 heterocycles. The standard InChI is InChI=1S/C16H22N2O2/c1-2-20-16(19)18-11-9-17(10-12-18)15-8-7-13-5-3-4-6-14(13)15/h3-6,15H,2,7-12H2,1H3. The Hall–Kier alpha value is -1.55. The summed E-state index contributed by atoms with van der Waals surface area (Å²) in [7, 11) is 0. The zero-order valence-electron chi connectivity index (χ0n) is 12.0. The van der Waals surface area contributed by atoms with E-state index in [4.69, 9.17) is 4.74 Å². The van der Waals surface area contributed by atoms with Crippen molar-refractivity contribution < 1.29 is 9.53 Å². The zero-order valence-corrected chi connectivity index (χ0v) is 12.0. The second-order valence-electron chi connectivity index (χ2n) is 5.48. The largest absolute Gasteiger partial charge is 0.450 e. The third-order valence-corrected chi connectivity index (χ3v) is 4.38. The smallest absolute Gasteiger partial charge is 0.409 e. The van der Waals surface area contributed by atoms with Crippen LogP contribution in [0.5, 0.6) is 0 Å². The fraction of sp³-hybridized carbons (Fsp3) is 0.562. The van der Waals surface area contributed by atoms with Gasteiger partial charge in [0.25, 0.3) is 0 Å². The minimum atomic E-state index is -0.168. The molecule has 108 valence electrons. The van der Waals surface area contributed by atoms with E-state index in [2.05, 4.69) is 29.2 Å². The van der Waals surface area contributed by atoms with Gasteiger partial charge in [0, 0.05) is 32.2 Å². The number of benzene rings is 1. The molecule has 1 aliphatic heterocycles. The lowest BCUT2D eigenvalue weighted by Crippen LogP contribution is -2.49. The number of nitrogens with zero attached hydrogens (tertiary/aromatic N) is 2. The van der Waals surface area contributed by atoms with Gasteiger partial charge in [-0.3, -0.25) is 4.90 Å². The van der Waals surface area contributed by atoms with E-state index >= 15 is 0 Å². The molecular weight excluding hydrogens is 252 g/mol. The number of aryl methyl sites for hydroxylation is 1. The molecule has 0 N–H and O–H groups in total. The lowest BCUT2D eigenvalue weighted by atomic mass is 10.1. The number of fused-ring (bicyclic) bond motifs is 1. The molecule has 3 rings (SSSR count). The van der Waals surface area contributed by atoms with E-state index in [1.807, 2.05) is 11.8 Å². The van der Waals surface area contributed by atoms with Crippen molar-refractivity contribution in [3.8, 4) is 0 Å². The van der Waals surface area contributed by atoms with Gasteiger partial charge in [0.05, 0.1) is 6.61 Å². The number of carbonyl (C=O) groups is 1. The summed E-state index contributed by atoms with van der Waals surface area (Å²) in [5.74, 6) is 0. The predicted molar refractivity (Wildman–Crippen MR) is 77.7 cm³/mol. The van der Waals surface area contributed by atoms with E-state index in [0.717, 1.165) is 26.2 Å². The van der Waals surface area contributed by atoms with Crippen LogP contribution in [0.4, 0.5) is 4.79 Å². The van der Waals surface area contributed by atoms with Crippen LogP contribution in [0.1, 0.15) is 30.5 Å². The van der Waals surface area contributed by atoms with Crippen molar-refractivity contribution in [3.63, 3.8) is 0 Å². The van der Waals surface area contributed by atoms with Crippen LogP contribution in [-0.4, -0.2) is 48.7 Å². The molecule has 1 aromatic rings. The molecule has 0 bridgehead atoms. The van der Waals surface area contributed by atoms with E-state index in [1.165, 1.54) is 24.0 Å². The maximum absolute atomic E-state index is 11.7. The van der Waals surface area contributed by atoms with Crippen LogP contribution in [0.25, 0.3) is 0 Å². The molecule has 0 spiro atoms. The second kappa shape index (κ2) is 5.83. The van der Waals surface area contributed by atoms with Gasteiger partial charge in [0.2, 0.25) is 0 Å². The van der Waals surface area contributed by atoms with Crippen molar-refractivity contribution in [1.29, 1.82) is 0 Å². The summed E-state index contributed by atoms with van der Waals surface area (Å²) in [5, 5.41) is 0. The van der Waals surface area contributed by atoms with Crippen LogP contribution >= 0.6 is 0 Å². The topological polar surface area (TPSA) is 32.8 Å². The number of hydrogen-bond donors (Lipinski definition) is 0. The van der Waals surface area contributed by atoms with Gasteiger partial charge in [-0.25, -0.2) is 4.79 Å². The average molecular weight is 274 g/mol. The molecule has 4 nitrogen and oxygen atoms in total. The summed E-state index contributed by atoms with van der Waals surface area (Å²) in [6.45, 7) is 5.74. The van der Waals surface area contributed by atoms with E-state index < -0.39 is 0 Å². The molecule has 2 aliphatic rings. The van der Waals surface area contributed by atoms with Crippen molar-refractivity contribution in [2.45, 2.75) is 25.8 Å². The minimum absolute atomic E-state index is 0.168. The first kappa shape index (κ1) is 13.4. The molecule has 1 unspecified atom stereocenters. The lowest BCUT2D eigenvalue weighted by Gasteiger charge is -2.37. The Morgan fingerprint density at radius 3 is 2.75 bits per heavy atom. The summed E-state index contributed by atoms with van der Waals surface area (Å²) < 4.78 is 5.07. The molecule has 0 aromatic heterocycles. The molecule has 0 radical (unpaired) electrons. The average Bonchev–Trinajstić information content (AvgIpc) is 2.92. The monoisotopic (exact) mass is 274 g/mol. The SMILES string of the molecule is CCOC(=O)N1CCN(C2CCc3ccccc32)CC1. The highest BCUT2D eigenvalue weighted by Gasteiger charge is 2.31. The van der Waals surface area contributed by atoms with Crippen LogP contribution in [0.15, 0.2) is 24.3 Å². The number of piperazine rings is 1. The fourth-order valence-corrected chi connectivity index (χ4v) is 3.34. The number of carbonyl (C=O) groups excluding carboxylic acids is 1. The van der Waals surface area contributed by atoms with Gasteiger partial charge in [-0.2, -0.15) is 0 Å². The zero-order chi connectivity index (χ0) is 13.9. The van der Waals surface area contributed by atoms with Crippen LogP contribution in [0.3, 0.4) is 0 Å². The van der Waals surface area contributed by atoms with Gasteiger partial charge in [-0.15, -0.1) is 0 Å². The lowest BCUT2D eigenvalue weighted by molar-refractivity contribution is 0.0660. The third-order valence-electron chi connectivity index (χ3n) is 4.38. The summed E-state index contributed by atoms with van der Waals surface area (Å²) in [6.07, 6.45) is 2.22. The van der Waals surface area contributed by atoms with Gasteiger partial charge >= 0.3 is 6.09 Å². The van der Waals surface area contributed by atoms with Gasteiger partial charge in [-0.05, 0) is 30.9 Å². The van der Waals surface area contributed by atoms with Crippen molar-refractivity contribution in [3.05, 3.63) is 35.4 Å². The molecule has 1 aromatic carbocycles. The highest BCUT2D eigenvalue weighted by Crippen LogP contribution is 2.35. The molecule has 0 saturated carbocycles. The van der Waals surface area contributed by atoms with Gasteiger partial charge < -0.3 is 9.64 Å². The minimum Gasteiger partial charge on any atom is -0.450 e. The number of ether oxygens (including phenoxy) is 1. The Bertz CT molecular complexity index is 481. The predicted octanol–water partition coefficient (Wildman–Crippen LogP) is 2.45. The fourth-order valence-electron chi connectivity index (χ4n) is 3.34. The molecule has 1 fully saturated rings. The molecular formula is C16H22N2O2. The van der Waals surface area contributed by atoms with Gasteiger partial charge in [0.15, 0.2) is 0 Å². The van der Waals surface area contributed by atoms with Crippen LogP contribution in [0, 0.1) is 0 Å². The molecule has 1 amide bonds. The number of rotatable bonds is 2. The summed E-state index contributed by atoms with van der Waals surface area (Å²) in [6, 6.07) is 9.29. The van der Waals surface area contributed by atoms with Crippen LogP contribution in [0.2, 0.25) is 0 Å². The first-order valence-electron chi connectivity index (χ1n) is 7.53. The van der Waals surface area contributed by atoms with E-state index in [-0.39, 0.29) is 6.09 Å². The van der Waals surface area contributed by atoms with E-state index in [0.29, 0.717) is 12.6 Å². The van der Waals surface area contributed by atoms with Gasteiger partial charge in [0.1, 0.15) is 0 Å². The van der Waals surface area contributed by atoms with Crippen LogP contribution in [-0.2, 0) is 11.2 Å². The molecule has 1 atom stereocenters. The first-order chi connectivity index (χ1) is 9.79. The Morgan fingerprint density at radius 1 is 1.25 bits per heavy atom. The molecule has 4 heteroatoms. The summed E-state index contributed by atoms with van der Waals surface area (Å²) in [5.41, 5.74) is 2.97. The number of amides is 1. The summed E-state index contributed by atoms with van der Waals surface area (Å²) >= 11 is 0. The number of hydrogen-bond acceptors (Lipinski definition) is 3. The van der Waals surface area contributed by atoms with Crippen molar-refractivity contribution >= 4 is 6.09 Å². The Balaban J connectivity index is 1.61. The molecule has 1 aliphatic carbocycles. The van der Waals surface area contributed by atoms with E-state index in [1.54, 1.807) is 0 Å². The Labute approximate surface area is 120 Å². The highest BCUT2D eigenvalue weighted by atomic mass is 16.6. The van der Waals surface area contributed by atoms with Gasteiger partial charge in [-0.1, -0.05) is 24.3 Å². The molecule has 20 heavy (non-hydrogen) atoms. The first-order valence-corrected chi connectivity index (χ1v) is 7.53.